The summed E-state index contributed by atoms with van der Waals surface area (Å²) >= 11 is 6.00. The van der Waals surface area contributed by atoms with Gasteiger partial charge in [0.25, 0.3) is 0 Å². The van der Waals surface area contributed by atoms with E-state index in [1.807, 2.05) is 43.3 Å². The topological polar surface area (TPSA) is 37.3 Å². The van der Waals surface area contributed by atoms with E-state index in [4.69, 9.17) is 11.6 Å². The van der Waals surface area contributed by atoms with Crippen LogP contribution in [0.2, 0.25) is 5.02 Å². The fraction of sp³-hybridized carbons (Fsp3) is 0.105. The van der Waals surface area contributed by atoms with Crippen LogP contribution in [-0.4, -0.2) is 10.9 Å². The first-order chi connectivity index (χ1) is 10.5. The van der Waals surface area contributed by atoms with Gasteiger partial charge in [-0.2, -0.15) is 0 Å². The number of phenols is 1. The maximum Gasteiger partial charge on any atom is 0.189 e. The number of hydrogen-bond acceptors (Lipinski definition) is 2. The van der Waals surface area contributed by atoms with Gasteiger partial charge in [0, 0.05) is 5.02 Å². The van der Waals surface area contributed by atoms with Crippen molar-refractivity contribution in [2.45, 2.75) is 13.8 Å². The van der Waals surface area contributed by atoms with Crippen LogP contribution in [0.25, 0.3) is 6.08 Å². The van der Waals surface area contributed by atoms with E-state index >= 15 is 0 Å². The maximum atomic E-state index is 12.2. The third-order valence-corrected chi connectivity index (χ3v) is 3.64. The zero-order chi connectivity index (χ0) is 16.1. The molecule has 0 fully saturated rings. The van der Waals surface area contributed by atoms with E-state index in [-0.39, 0.29) is 17.1 Å². The normalized spacial score (nSPS) is 11.9. The Kier molecular flexibility index (Phi) is 5.18. The third-order valence-electron chi connectivity index (χ3n) is 3.23. The van der Waals surface area contributed by atoms with Gasteiger partial charge in [0.15, 0.2) is 5.78 Å². The van der Waals surface area contributed by atoms with Crippen LogP contribution in [0.1, 0.15) is 28.4 Å². The highest BCUT2D eigenvalue weighted by Crippen LogP contribution is 2.26. The number of allylic oxidation sites excluding steroid dienone is 3. The summed E-state index contributed by atoms with van der Waals surface area (Å²) in [6, 6.07) is 12.8. The second-order valence-corrected chi connectivity index (χ2v) is 5.52. The Bertz CT molecular complexity index is 744. The van der Waals surface area contributed by atoms with Crippen LogP contribution in [-0.2, 0) is 0 Å². The lowest BCUT2D eigenvalue weighted by molar-refractivity contribution is 0.104. The van der Waals surface area contributed by atoms with Gasteiger partial charge in [-0.05, 0) is 43.2 Å². The molecule has 0 spiro atoms. The molecule has 1 N–H and O–H groups in total. The molecule has 0 amide bonds. The SMILES string of the molecule is CC(/C=C/C(=O)c1cc(Cl)c(C)cc1O)=C\c1ccccc1. The summed E-state index contributed by atoms with van der Waals surface area (Å²) in [6.07, 6.45) is 5.14. The van der Waals surface area contributed by atoms with Gasteiger partial charge in [-0.3, -0.25) is 4.79 Å². The van der Waals surface area contributed by atoms with Gasteiger partial charge in [-0.25, -0.2) is 0 Å². The molecule has 2 aromatic rings. The third kappa shape index (κ3) is 4.09. The lowest BCUT2D eigenvalue weighted by Gasteiger charge is -2.04. The number of carbonyl (C=O) groups is 1. The van der Waals surface area contributed by atoms with Crippen LogP contribution in [0.3, 0.4) is 0 Å². The zero-order valence-electron chi connectivity index (χ0n) is 12.5. The highest BCUT2D eigenvalue weighted by molar-refractivity contribution is 6.32. The van der Waals surface area contributed by atoms with E-state index in [2.05, 4.69) is 0 Å². The van der Waals surface area contributed by atoms with Gasteiger partial charge in [0.2, 0.25) is 0 Å². The summed E-state index contributed by atoms with van der Waals surface area (Å²) in [6.45, 7) is 3.69. The standard InChI is InChI=1S/C19H17ClO2/c1-13(10-15-6-4-3-5-7-15)8-9-18(21)16-12-17(20)14(2)11-19(16)22/h3-12,22H,1-2H3/b9-8+,13-10+. The van der Waals surface area contributed by atoms with E-state index in [1.165, 1.54) is 18.2 Å². The fourth-order valence-electron chi connectivity index (χ4n) is 2.02. The van der Waals surface area contributed by atoms with Crippen molar-refractivity contribution in [3.63, 3.8) is 0 Å². The van der Waals surface area contributed by atoms with Crippen LogP contribution in [0.4, 0.5) is 0 Å². The number of carbonyl (C=O) groups excluding carboxylic acids is 1. The minimum atomic E-state index is -0.278. The second-order valence-electron chi connectivity index (χ2n) is 5.12. The molecule has 0 aliphatic rings. The van der Waals surface area contributed by atoms with Crippen molar-refractivity contribution in [1.82, 2.24) is 0 Å². The Hall–Kier alpha value is -2.32. The summed E-state index contributed by atoms with van der Waals surface area (Å²) in [5.74, 6) is -0.332. The van der Waals surface area contributed by atoms with Crippen LogP contribution in [0.5, 0.6) is 5.75 Å². The summed E-state index contributed by atoms with van der Waals surface area (Å²) < 4.78 is 0. The van der Waals surface area contributed by atoms with Gasteiger partial charge in [-0.15, -0.1) is 0 Å². The molecule has 0 atom stereocenters. The van der Waals surface area contributed by atoms with Crippen molar-refractivity contribution in [3.05, 3.63) is 81.9 Å². The molecule has 2 rings (SSSR count). The molecule has 112 valence electrons. The Morgan fingerprint density at radius 3 is 2.50 bits per heavy atom. The minimum Gasteiger partial charge on any atom is -0.507 e. The number of aromatic hydroxyl groups is 1. The first-order valence-corrected chi connectivity index (χ1v) is 7.30. The molecule has 0 radical (unpaired) electrons. The van der Waals surface area contributed by atoms with Crippen LogP contribution < -0.4 is 0 Å². The summed E-state index contributed by atoms with van der Waals surface area (Å²) in [4.78, 5) is 12.2. The molecule has 0 unspecified atom stereocenters. The highest BCUT2D eigenvalue weighted by atomic mass is 35.5. The molecule has 0 heterocycles. The molecule has 0 saturated heterocycles. The second kappa shape index (κ2) is 7.10. The summed E-state index contributed by atoms with van der Waals surface area (Å²) in [5, 5.41) is 10.3. The van der Waals surface area contributed by atoms with Crippen molar-refractivity contribution in [2.24, 2.45) is 0 Å². The maximum absolute atomic E-state index is 12.2. The van der Waals surface area contributed by atoms with E-state index < -0.39 is 0 Å². The Balaban J connectivity index is 2.18. The molecule has 0 saturated carbocycles. The monoisotopic (exact) mass is 312 g/mol. The molecule has 0 bridgehead atoms. The summed E-state index contributed by atoms with van der Waals surface area (Å²) in [7, 11) is 0. The Morgan fingerprint density at radius 2 is 1.82 bits per heavy atom. The average molecular weight is 313 g/mol. The number of halogens is 1. The number of benzene rings is 2. The Morgan fingerprint density at radius 1 is 1.14 bits per heavy atom. The van der Waals surface area contributed by atoms with Gasteiger partial charge < -0.3 is 5.11 Å². The number of ketones is 1. The molecular formula is C19H17ClO2. The summed E-state index contributed by atoms with van der Waals surface area (Å²) in [5.41, 5.74) is 2.95. The smallest absolute Gasteiger partial charge is 0.189 e. The highest BCUT2D eigenvalue weighted by Gasteiger charge is 2.10. The van der Waals surface area contributed by atoms with Crippen LogP contribution in [0.15, 0.2) is 60.2 Å². The first-order valence-electron chi connectivity index (χ1n) is 6.92. The van der Waals surface area contributed by atoms with E-state index in [0.29, 0.717) is 5.02 Å². The lowest BCUT2D eigenvalue weighted by atomic mass is 10.1. The molecular weight excluding hydrogens is 296 g/mol. The number of hydrogen-bond donors (Lipinski definition) is 1. The van der Waals surface area contributed by atoms with Crippen molar-refractivity contribution in [3.8, 4) is 5.75 Å². The van der Waals surface area contributed by atoms with Crippen molar-refractivity contribution in [2.75, 3.05) is 0 Å². The van der Waals surface area contributed by atoms with Crippen LogP contribution >= 0.6 is 11.6 Å². The fourth-order valence-corrected chi connectivity index (χ4v) is 2.18. The Labute approximate surface area is 135 Å². The predicted octanol–water partition coefficient (Wildman–Crippen LogP) is 5.20. The van der Waals surface area contributed by atoms with Gasteiger partial charge in [0.05, 0.1) is 5.56 Å². The van der Waals surface area contributed by atoms with Crippen molar-refractivity contribution in [1.29, 1.82) is 0 Å². The predicted molar refractivity (Wildman–Crippen MR) is 91.4 cm³/mol. The van der Waals surface area contributed by atoms with Gasteiger partial charge in [0.1, 0.15) is 5.75 Å². The van der Waals surface area contributed by atoms with E-state index in [0.717, 1.165) is 16.7 Å². The largest absolute Gasteiger partial charge is 0.507 e. The minimum absolute atomic E-state index is 0.0544. The van der Waals surface area contributed by atoms with Gasteiger partial charge in [-0.1, -0.05) is 59.7 Å². The molecule has 3 heteroatoms. The molecule has 22 heavy (non-hydrogen) atoms. The van der Waals surface area contributed by atoms with E-state index in [1.54, 1.807) is 13.0 Å². The number of rotatable bonds is 4. The molecule has 2 nitrogen and oxygen atoms in total. The molecule has 0 aliphatic heterocycles. The zero-order valence-corrected chi connectivity index (χ0v) is 13.3. The quantitative estimate of drug-likeness (QED) is 0.479. The lowest BCUT2D eigenvalue weighted by Crippen LogP contribution is -1.96. The average Bonchev–Trinajstić information content (AvgIpc) is 2.49. The number of aryl methyl sites for hydroxylation is 1. The molecule has 0 aromatic heterocycles. The number of phenolic OH excluding ortho intramolecular Hbond substituents is 1. The first kappa shape index (κ1) is 16.1. The van der Waals surface area contributed by atoms with E-state index in [9.17, 15) is 9.90 Å². The van der Waals surface area contributed by atoms with Crippen LogP contribution in [0, 0.1) is 6.92 Å². The molecule has 0 aliphatic carbocycles. The van der Waals surface area contributed by atoms with Gasteiger partial charge >= 0.3 is 0 Å². The van der Waals surface area contributed by atoms with Crippen molar-refractivity contribution < 1.29 is 9.90 Å². The molecule has 2 aromatic carbocycles. The van der Waals surface area contributed by atoms with Crippen molar-refractivity contribution >= 4 is 23.5 Å².